The number of ether oxygens (including phenoxy) is 1. The number of rotatable bonds is 2. The highest BCUT2D eigenvalue weighted by Crippen LogP contribution is 2.29. The first-order valence-electron chi connectivity index (χ1n) is 5.39. The second-order valence-electron chi connectivity index (χ2n) is 5.00. The van der Waals surface area contributed by atoms with Crippen molar-refractivity contribution in [2.45, 2.75) is 52.7 Å². The van der Waals surface area contributed by atoms with Crippen LogP contribution in [0.25, 0.3) is 0 Å². The van der Waals surface area contributed by atoms with Gasteiger partial charge in [-0.1, -0.05) is 27.7 Å². The summed E-state index contributed by atoms with van der Waals surface area (Å²) < 4.78 is 5.78. The van der Waals surface area contributed by atoms with Gasteiger partial charge in [-0.05, 0) is 24.8 Å². The summed E-state index contributed by atoms with van der Waals surface area (Å²) in [6.07, 6.45) is 2.75. The largest absolute Gasteiger partial charge is 0.378 e. The van der Waals surface area contributed by atoms with Gasteiger partial charge in [0, 0.05) is 12.6 Å². The van der Waals surface area contributed by atoms with Gasteiger partial charge in [0.05, 0.1) is 6.10 Å². The fourth-order valence-corrected chi connectivity index (χ4v) is 1.87. The van der Waals surface area contributed by atoms with Crippen molar-refractivity contribution >= 4 is 0 Å². The lowest BCUT2D eigenvalue weighted by Crippen LogP contribution is -2.43. The SMILES string of the molecule is CCNC1CCOC(C(C)(C)C)C1. The zero-order valence-electron chi connectivity index (χ0n) is 9.39. The second kappa shape index (κ2) is 4.43. The van der Waals surface area contributed by atoms with Gasteiger partial charge in [-0.15, -0.1) is 0 Å². The van der Waals surface area contributed by atoms with Crippen molar-refractivity contribution in [2.24, 2.45) is 5.41 Å². The molecule has 1 rings (SSSR count). The third kappa shape index (κ3) is 3.28. The van der Waals surface area contributed by atoms with Gasteiger partial charge in [0.15, 0.2) is 0 Å². The molecule has 2 unspecified atom stereocenters. The van der Waals surface area contributed by atoms with E-state index in [1.54, 1.807) is 0 Å². The molecule has 1 fully saturated rings. The van der Waals surface area contributed by atoms with Crippen molar-refractivity contribution in [1.29, 1.82) is 0 Å². The first kappa shape index (κ1) is 11.0. The van der Waals surface area contributed by atoms with Gasteiger partial charge in [0.1, 0.15) is 0 Å². The average Bonchev–Trinajstić information content (AvgIpc) is 2.04. The highest BCUT2D eigenvalue weighted by Gasteiger charge is 2.31. The van der Waals surface area contributed by atoms with Crippen LogP contribution in [0.4, 0.5) is 0 Å². The van der Waals surface area contributed by atoms with Crippen LogP contribution in [0.2, 0.25) is 0 Å². The Morgan fingerprint density at radius 1 is 1.38 bits per heavy atom. The average molecular weight is 185 g/mol. The predicted molar refractivity (Wildman–Crippen MR) is 55.9 cm³/mol. The van der Waals surface area contributed by atoms with Crippen LogP contribution in [0.1, 0.15) is 40.5 Å². The Kier molecular flexibility index (Phi) is 3.74. The third-order valence-corrected chi connectivity index (χ3v) is 2.74. The summed E-state index contributed by atoms with van der Waals surface area (Å²) in [5.41, 5.74) is 0.286. The summed E-state index contributed by atoms with van der Waals surface area (Å²) in [7, 11) is 0. The first-order chi connectivity index (χ1) is 6.04. The molecule has 0 amide bonds. The van der Waals surface area contributed by atoms with Crippen LogP contribution in [0.5, 0.6) is 0 Å². The molecule has 0 aliphatic carbocycles. The summed E-state index contributed by atoms with van der Waals surface area (Å²) in [5, 5.41) is 3.51. The Morgan fingerprint density at radius 3 is 2.62 bits per heavy atom. The zero-order valence-corrected chi connectivity index (χ0v) is 9.39. The van der Waals surface area contributed by atoms with Crippen molar-refractivity contribution in [3.63, 3.8) is 0 Å². The van der Waals surface area contributed by atoms with E-state index in [2.05, 4.69) is 33.0 Å². The molecule has 0 saturated carbocycles. The second-order valence-corrected chi connectivity index (χ2v) is 5.00. The predicted octanol–water partition coefficient (Wildman–Crippen LogP) is 2.19. The van der Waals surface area contributed by atoms with E-state index in [0.29, 0.717) is 12.1 Å². The molecule has 0 aromatic carbocycles. The van der Waals surface area contributed by atoms with Crippen molar-refractivity contribution < 1.29 is 4.74 Å². The third-order valence-electron chi connectivity index (χ3n) is 2.74. The number of hydrogen-bond donors (Lipinski definition) is 1. The normalized spacial score (nSPS) is 30.5. The van der Waals surface area contributed by atoms with Crippen molar-refractivity contribution in [3.05, 3.63) is 0 Å². The van der Waals surface area contributed by atoms with E-state index in [1.165, 1.54) is 6.42 Å². The molecule has 1 N–H and O–H groups in total. The standard InChI is InChI=1S/C11H23NO/c1-5-12-9-6-7-13-10(8-9)11(2,3)4/h9-10,12H,5-8H2,1-4H3. The summed E-state index contributed by atoms with van der Waals surface area (Å²) >= 11 is 0. The number of nitrogens with one attached hydrogen (secondary N) is 1. The monoisotopic (exact) mass is 185 g/mol. The summed E-state index contributed by atoms with van der Waals surface area (Å²) in [6.45, 7) is 10.9. The lowest BCUT2D eigenvalue weighted by atomic mass is 9.83. The molecule has 2 atom stereocenters. The molecule has 1 saturated heterocycles. The summed E-state index contributed by atoms with van der Waals surface area (Å²) in [6, 6.07) is 0.669. The Labute approximate surface area is 82.0 Å². The van der Waals surface area contributed by atoms with Gasteiger partial charge in [-0.25, -0.2) is 0 Å². The lowest BCUT2D eigenvalue weighted by molar-refractivity contribution is -0.0578. The van der Waals surface area contributed by atoms with Crippen LogP contribution in [0.3, 0.4) is 0 Å². The molecule has 13 heavy (non-hydrogen) atoms. The zero-order chi connectivity index (χ0) is 9.90. The Hall–Kier alpha value is -0.0800. The van der Waals surface area contributed by atoms with Crippen molar-refractivity contribution in [2.75, 3.05) is 13.2 Å². The fourth-order valence-electron chi connectivity index (χ4n) is 1.87. The molecule has 78 valence electrons. The summed E-state index contributed by atoms with van der Waals surface area (Å²) in [5.74, 6) is 0. The lowest BCUT2D eigenvalue weighted by Gasteiger charge is -2.37. The molecule has 1 heterocycles. The smallest absolute Gasteiger partial charge is 0.0638 e. The Balaban J connectivity index is 2.42. The summed E-state index contributed by atoms with van der Waals surface area (Å²) in [4.78, 5) is 0. The van der Waals surface area contributed by atoms with Crippen LogP contribution in [-0.2, 0) is 4.74 Å². The highest BCUT2D eigenvalue weighted by atomic mass is 16.5. The number of hydrogen-bond acceptors (Lipinski definition) is 2. The van der Waals surface area contributed by atoms with Gasteiger partial charge < -0.3 is 10.1 Å². The Morgan fingerprint density at radius 2 is 2.08 bits per heavy atom. The molecule has 0 bridgehead atoms. The minimum atomic E-state index is 0.286. The van der Waals surface area contributed by atoms with E-state index in [0.717, 1.165) is 19.6 Å². The van der Waals surface area contributed by atoms with Gasteiger partial charge in [-0.2, -0.15) is 0 Å². The molecule has 0 aromatic heterocycles. The molecular formula is C11H23NO. The van der Waals surface area contributed by atoms with Crippen LogP contribution in [0.15, 0.2) is 0 Å². The van der Waals surface area contributed by atoms with Gasteiger partial charge >= 0.3 is 0 Å². The van der Waals surface area contributed by atoms with Crippen molar-refractivity contribution in [1.82, 2.24) is 5.32 Å². The van der Waals surface area contributed by atoms with Crippen LogP contribution < -0.4 is 5.32 Å². The quantitative estimate of drug-likeness (QED) is 0.712. The molecule has 0 radical (unpaired) electrons. The Bertz CT molecular complexity index is 149. The van der Waals surface area contributed by atoms with Gasteiger partial charge in [-0.3, -0.25) is 0 Å². The molecule has 1 aliphatic heterocycles. The maximum atomic E-state index is 5.78. The van der Waals surface area contributed by atoms with Gasteiger partial charge in [0.25, 0.3) is 0 Å². The molecule has 0 spiro atoms. The van der Waals surface area contributed by atoms with Crippen LogP contribution in [-0.4, -0.2) is 25.3 Å². The molecule has 2 nitrogen and oxygen atoms in total. The molecular weight excluding hydrogens is 162 g/mol. The van der Waals surface area contributed by atoms with E-state index >= 15 is 0 Å². The maximum Gasteiger partial charge on any atom is 0.0638 e. The highest BCUT2D eigenvalue weighted by molar-refractivity contribution is 4.83. The van der Waals surface area contributed by atoms with E-state index in [9.17, 15) is 0 Å². The van der Waals surface area contributed by atoms with Crippen molar-refractivity contribution in [3.8, 4) is 0 Å². The molecule has 2 heteroatoms. The topological polar surface area (TPSA) is 21.3 Å². The fraction of sp³-hybridized carbons (Fsp3) is 1.00. The van der Waals surface area contributed by atoms with Crippen LogP contribution in [0, 0.1) is 5.41 Å². The van der Waals surface area contributed by atoms with E-state index in [4.69, 9.17) is 4.74 Å². The van der Waals surface area contributed by atoms with E-state index in [1.807, 2.05) is 0 Å². The maximum absolute atomic E-state index is 5.78. The minimum Gasteiger partial charge on any atom is -0.378 e. The van der Waals surface area contributed by atoms with Gasteiger partial charge in [0.2, 0.25) is 0 Å². The molecule has 0 aromatic rings. The van der Waals surface area contributed by atoms with Crippen LogP contribution >= 0.6 is 0 Å². The van der Waals surface area contributed by atoms with E-state index < -0.39 is 0 Å². The minimum absolute atomic E-state index is 0.286. The first-order valence-corrected chi connectivity index (χ1v) is 5.39. The molecule has 1 aliphatic rings. The van der Waals surface area contributed by atoms with E-state index in [-0.39, 0.29) is 5.41 Å².